The van der Waals surface area contributed by atoms with E-state index in [0.29, 0.717) is 0 Å². The van der Waals surface area contributed by atoms with Crippen molar-refractivity contribution in [3.8, 4) is 0 Å². The minimum absolute atomic E-state index is 0.101. The molecule has 2 atom stereocenters. The first kappa shape index (κ1) is 11.5. The largest absolute Gasteiger partial charge is 0.321 e. The van der Waals surface area contributed by atoms with Crippen LogP contribution in [0, 0.1) is 0 Å². The fourth-order valence-electron chi connectivity index (χ4n) is 2.69. The molecule has 3 heterocycles. The molecular weight excluding hydrogens is 232 g/mol. The van der Waals surface area contributed by atoms with Gasteiger partial charge in [-0.05, 0) is 31.4 Å². The Morgan fingerprint density at radius 1 is 1.29 bits per heavy atom. The molecule has 0 aromatic carbocycles. The molecule has 0 amide bonds. The van der Waals surface area contributed by atoms with Crippen LogP contribution in [-0.2, 0) is 13.0 Å². The quantitative estimate of drug-likeness (QED) is 0.873. The number of hydrogen-bond acceptors (Lipinski definition) is 4. The SMILES string of the molecule is NC1CCCn2nc(CC3CCCCS3)nc21. The van der Waals surface area contributed by atoms with Crippen LogP contribution < -0.4 is 5.73 Å². The number of fused-ring (bicyclic) bond motifs is 1. The number of nitrogens with two attached hydrogens (primary N) is 1. The molecule has 1 fully saturated rings. The number of thioether (sulfide) groups is 1. The smallest absolute Gasteiger partial charge is 0.152 e. The Hall–Kier alpha value is -0.550. The van der Waals surface area contributed by atoms with Gasteiger partial charge in [0.25, 0.3) is 0 Å². The second-order valence-corrected chi connectivity index (χ2v) is 6.46. The van der Waals surface area contributed by atoms with Crippen LogP contribution in [0.5, 0.6) is 0 Å². The zero-order valence-corrected chi connectivity index (χ0v) is 11.0. The molecule has 0 saturated carbocycles. The van der Waals surface area contributed by atoms with Gasteiger partial charge in [-0.1, -0.05) is 6.42 Å². The lowest BCUT2D eigenvalue weighted by atomic mass is 10.1. The third-order valence-electron chi connectivity index (χ3n) is 3.65. The molecule has 3 rings (SSSR count). The van der Waals surface area contributed by atoms with Crippen molar-refractivity contribution in [1.29, 1.82) is 0 Å². The number of nitrogens with zero attached hydrogens (tertiary/aromatic N) is 3. The van der Waals surface area contributed by atoms with E-state index >= 15 is 0 Å². The molecule has 2 unspecified atom stereocenters. The van der Waals surface area contributed by atoms with Crippen molar-refractivity contribution in [3.63, 3.8) is 0 Å². The minimum atomic E-state index is 0.101. The van der Waals surface area contributed by atoms with Crippen LogP contribution in [0.15, 0.2) is 0 Å². The second-order valence-electron chi connectivity index (χ2n) is 5.05. The van der Waals surface area contributed by atoms with Crippen molar-refractivity contribution < 1.29 is 0 Å². The summed E-state index contributed by atoms with van der Waals surface area (Å²) >= 11 is 2.08. The summed E-state index contributed by atoms with van der Waals surface area (Å²) in [5.41, 5.74) is 6.06. The van der Waals surface area contributed by atoms with Crippen molar-refractivity contribution in [2.45, 2.75) is 56.4 Å². The fraction of sp³-hybridized carbons (Fsp3) is 0.833. The summed E-state index contributed by atoms with van der Waals surface area (Å²) in [7, 11) is 0. The first-order valence-electron chi connectivity index (χ1n) is 6.64. The van der Waals surface area contributed by atoms with Gasteiger partial charge in [0.15, 0.2) is 5.82 Å². The van der Waals surface area contributed by atoms with Crippen molar-refractivity contribution in [1.82, 2.24) is 14.8 Å². The Morgan fingerprint density at radius 2 is 2.24 bits per heavy atom. The van der Waals surface area contributed by atoms with Gasteiger partial charge >= 0.3 is 0 Å². The summed E-state index contributed by atoms with van der Waals surface area (Å²) in [5.74, 6) is 3.32. The highest BCUT2D eigenvalue weighted by molar-refractivity contribution is 7.99. The maximum atomic E-state index is 6.06. The molecule has 0 bridgehead atoms. The van der Waals surface area contributed by atoms with Gasteiger partial charge < -0.3 is 5.73 Å². The van der Waals surface area contributed by atoms with Crippen LogP contribution >= 0.6 is 11.8 Å². The third kappa shape index (κ3) is 2.50. The number of aromatic nitrogens is 3. The standard InChI is InChI=1S/C12H20N4S/c13-10-5-3-6-16-12(10)14-11(15-16)8-9-4-1-2-7-17-9/h9-10H,1-8,13H2. The number of hydrogen-bond donors (Lipinski definition) is 1. The highest BCUT2D eigenvalue weighted by atomic mass is 32.2. The van der Waals surface area contributed by atoms with Gasteiger partial charge in [-0.3, -0.25) is 0 Å². The van der Waals surface area contributed by atoms with Gasteiger partial charge in [-0.25, -0.2) is 9.67 Å². The lowest BCUT2D eigenvalue weighted by Crippen LogP contribution is -2.22. The van der Waals surface area contributed by atoms with Gasteiger partial charge in [0, 0.05) is 18.2 Å². The van der Waals surface area contributed by atoms with Crippen LogP contribution in [0.2, 0.25) is 0 Å². The summed E-state index contributed by atoms with van der Waals surface area (Å²) in [6.45, 7) is 0.994. The highest BCUT2D eigenvalue weighted by Gasteiger charge is 2.23. The van der Waals surface area contributed by atoms with Gasteiger partial charge in [-0.15, -0.1) is 0 Å². The Bertz CT molecular complexity index is 384. The molecule has 94 valence electrons. The molecule has 17 heavy (non-hydrogen) atoms. The van der Waals surface area contributed by atoms with Crippen molar-refractivity contribution in [2.24, 2.45) is 5.73 Å². The predicted octanol–water partition coefficient (Wildman–Crippen LogP) is 1.90. The van der Waals surface area contributed by atoms with E-state index in [1.807, 2.05) is 4.68 Å². The van der Waals surface area contributed by atoms with E-state index in [2.05, 4.69) is 21.8 Å². The van der Waals surface area contributed by atoms with Crippen molar-refractivity contribution >= 4 is 11.8 Å². The predicted molar refractivity (Wildman–Crippen MR) is 70.0 cm³/mol. The average molecular weight is 252 g/mol. The van der Waals surface area contributed by atoms with Crippen LogP contribution in [0.3, 0.4) is 0 Å². The monoisotopic (exact) mass is 252 g/mol. The van der Waals surface area contributed by atoms with E-state index in [-0.39, 0.29) is 6.04 Å². The molecular formula is C12H20N4S. The topological polar surface area (TPSA) is 56.7 Å². The molecule has 0 radical (unpaired) electrons. The van der Waals surface area contributed by atoms with E-state index in [9.17, 15) is 0 Å². The van der Waals surface area contributed by atoms with Crippen molar-refractivity contribution in [2.75, 3.05) is 5.75 Å². The summed E-state index contributed by atoms with van der Waals surface area (Å²) in [4.78, 5) is 4.64. The molecule has 2 N–H and O–H groups in total. The second kappa shape index (κ2) is 4.98. The average Bonchev–Trinajstić information content (AvgIpc) is 2.74. The lowest BCUT2D eigenvalue weighted by molar-refractivity contribution is 0.421. The van der Waals surface area contributed by atoms with Crippen LogP contribution in [0.1, 0.15) is 49.8 Å². The molecule has 1 aromatic rings. The molecule has 1 saturated heterocycles. The summed E-state index contributed by atoms with van der Waals surface area (Å²) in [6.07, 6.45) is 7.27. The Kier molecular flexibility index (Phi) is 3.38. The molecule has 5 heteroatoms. The zero-order chi connectivity index (χ0) is 11.7. The summed E-state index contributed by atoms with van der Waals surface area (Å²) in [6, 6.07) is 0.101. The first-order valence-corrected chi connectivity index (χ1v) is 7.68. The van der Waals surface area contributed by atoms with E-state index in [1.165, 1.54) is 25.0 Å². The third-order valence-corrected chi connectivity index (χ3v) is 5.04. The maximum Gasteiger partial charge on any atom is 0.152 e. The van der Waals surface area contributed by atoms with Crippen LogP contribution in [0.25, 0.3) is 0 Å². The first-order chi connectivity index (χ1) is 8.33. The molecule has 0 aliphatic carbocycles. The molecule has 4 nitrogen and oxygen atoms in total. The molecule has 2 aliphatic rings. The zero-order valence-electron chi connectivity index (χ0n) is 10.1. The normalized spacial score (nSPS) is 29.0. The minimum Gasteiger partial charge on any atom is -0.321 e. The van der Waals surface area contributed by atoms with Gasteiger partial charge in [-0.2, -0.15) is 16.9 Å². The summed E-state index contributed by atoms with van der Waals surface area (Å²) in [5, 5.41) is 5.33. The van der Waals surface area contributed by atoms with Crippen LogP contribution in [0.4, 0.5) is 0 Å². The number of aryl methyl sites for hydroxylation is 1. The Balaban J connectivity index is 1.71. The van der Waals surface area contributed by atoms with Gasteiger partial charge in [0.1, 0.15) is 5.82 Å². The van der Waals surface area contributed by atoms with Gasteiger partial charge in [0.05, 0.1) is 6.04 Å². The summed E-state index contributed by atoms with van der Waals surface area (Å²) < 4.78 is 2.02. The lowest BCUT2D eigenvalue weighted by Gasteiger charge is -2.19. The molecule has 0 spiro atoms. The van der Waals surface area contributed by atoms with E-state index in [4.69, 9.17) is 5.73 Å². The van der Waals surface area contributed by atoms with Crippen molar-refractivity contribution in [3.05, 3.63) is 11.6 Å². The Labute approximate surface area is 106 Å². The van der Waals surface area contributed by atoms with Crippen LogP contribution in [-0.4, -0.2) is 25.8 Å². The number of rotatable bonds is 2. The van der Waals surface area contributed by atoms with E-state index in [1.54, 1.807) is 0 Å². The highest BCUT2D eigenvalue weighted by Crippen LogP contribution is 2.28. The fourth-order valence-corrected chi connectivity index (χ4v) is 3.99. The Morgan fingerprint density at radius 3 is 3.00 bits per heavy atom. The van der Waals surface area contributed by atoms with Gasteiger partial charge in [0.2, 0.25) is 0 Å². The molecule has 2 aliphatic heterocycles. The van der Waals surface area contributed by atoms with E-state index in [0.717, 1.165) is 42.7 Å². The van der Waals surface area contributed by atoms with E-state index < -0.39 is 0 Å². The molecule has 1 aromatic heterocycles. The maximum absolute atomic E-state index is 6.06.